The maximum absolute atomic E-state index is 12.7. The third-order valence-electron chi connectivity index (χ3n) is 4.85. The van der Waals surface area contributed by atoms with E-state index in [1.165, 1.54) is 4.90 Å². The summed E-state index contributed by atoms with van der Waals surface area (Å²) in [4.78, 5) is 26.4. The molecule has 1 aliphatic heterocycles. The number of imide groups is 1. The largest absolute Gasteiger partial charge is 0.497 e. The van der Waals surface area contributed by atoms with Crippen molar-refractivity contribution in [2.75, 3.05) is 20.8 Å². The van der Waals surface area contributed by atoms with Crippen molar-refractivity contribution in [1.82, 2.24) is 4.90 Å². The van der Waals surface area contributed by atoms with Crippen LogP contribution in [0, 0.1) is 0 Å². The van der Waals surface area contributed by atoms with Crippen LogP contribution in [0.25, 0.3) is 11.0 Å². The van der Waals surface area contributed by atoms with E-state index in [1.54, 1.807) is 38.5 Å². The van der Waals surface area contributed by atoms with E-state index in [2.05, 4.69) is 0 Å². The first-order valence-electron chi connectivity index (χ1n) is 8.65. The van der Waals surface area contributed by atoms with Crippen molar-refractivity contribution in [2.45, 2.75) is 12.3 Å². The van der Waals surface area contributed by atoms with Crippen LogP contribution in [0.4, 0.5) is 0 Å². The summed E-state index contributed by atoms with van der Waals surface area (Å²) < 4.78 is 16.2. The minimum atomic E-state index is -0.303. The van der Waals surface area contributed by atoms with Crippen LogP contribution >= 0.6 is 0 Å². The molecule has 2 aromatic carbocycles. The summed E-state index contributed by atoms with van der Waals surface area (Å²) in [6.07, 6.45) is 0.249. The van der Waals surface area contributed by atoms with E-state index in [0.29, 0.717) is 23.6 Å². The van der Waals surface area contributed by atoms with Crippen LogP contribution in [0.15, 0.2) is 52.9 Å². The van der Waals surface area contributed by atoms with Gasteiger partial charge in [-0.2, -0.15) is 0 Å². The van der Waals surface area contributed by atoms with Gasteiger partial charge in [-0.1, -0.05) is 0 Å². The van der Waals surface area contributed by atoms with Crippen molar-refractivity contribution in [3.8, 4) is 11.5 Å². The van der Waals surface area contributed by atoms with Crippen LogP contribution in [0.5, 0.6) is 11.5 Å². The number of benzene rings is 2. The van der Waals surface area contributed by atoms with Crippen molar-refractivity contribution < 1.29 is 23.5 Å². The zero-order valence-corrected chi connectivity index (χ0v) is 15.1. The standard InChI is InChI=1S/C21H19NO5/c1-25-16-5-3-13(4-6-16)21(24)22-12-15(11-20(22)23)19-10-14-9-17(26-2)7-8-18(14)27-19/h3-10,15H,11-12H2,1-2H3. The molecule has 27 heavy (non-hydrogen) atoms. The molecule has 0 bridgehead atoms. The molecule has 1 atom stereocenters. The van der Waals surface area contributed by atoms with Crippen molar-refractivity contribution in [3.63, 3.8) is 0 Å². The molecule has 0 N–H and O–H groups in total. The van der Waals surface area contributed by atoms with Crippen LogP contribution in [-0.4, -0.2) is 37.5 Å². The van der Waals surface area contributed by atoms with Crippen LogP contribution in [0.3, 0.4) is 0 Å². The van der Waals surface area contributed by atoms with E-state index in [4.69, 9.17) is 13.9 Å². The highest BCUT2D eigenvalue weighted by Crippen LogP contribution is 2.34. The zero-order valence-electron chi connectivity index (χ0n) is 15.1. The topological polar surface area (TPSA) is 69.0 Å². The summed E-state index contributed by atoms with van der Waals surface area (Å²) in [5.41, 5.74) is 1.19. The monoisotopic (exact) mass is 365 g/mol. The van der Waals surface area contributed by atoms with Gasteiger partial charge in [0.1, 0.15) is 22.8 Å². The molecular formula is C21H19NO5. The lowest BCUT2D eigenvalue weighted by Crippen LogP contribution is -2.32. The van der Waals surface area contributed by atoms with Gasteiger partial charge in [-0.25, -0.2) is 0 Å². The number of nitrogens with zero attached hydrogens (tertiary/aromatic N) is 1. The molecule has 1 fully saturated rings. The first-order valence-corrected chi connectivity index (χ1v) is 8.65. The summed E-state index contributed by atoms with van der Waals surface area (Å²) in [5.74, 6) is 1.46. The molecule has 6 nitrogen and oxygen atoms in total. The fourth-order valence-corrected chi connectivity index (χ4v) is 3.35. The molecule has 3 aromatic rings. The Labute approximate surface area is 156 Å². The highest BCUT2D eigenvalue weighted by Gasteiger charge is 2.36. The molecular weight excluding hydrogens is 346 g/mol. The van der Waals surface area contributed by atoms with Gasteiger partial charge < -0.3 is 13.9 Å². The van der Waals surface area contributed by atoms with Gasteiger partial charge in [-0.05, 0) is 48.5 Å². The number of ether oxygens (including phenoxy) is 2. The highest BCUT2D eigenvalue weighted by atomic mass is 16.5. The highest BCUT2D eigenvalue weighted by molar-refractivity contribution is 6.06. The molecule has 0 radical (unpaired) electrons. The first-order chi connectivity index (χ1) is 13.1. The number of likely N-dealkylation sites (tertiary alicyclic amines) is 1. The second-order valence-electron chi connectivity index (χ2n) is 6.49. The molecule has 0 saturated carbocycles. The molecule has 1 aliphatic rings. The third kappa shape index (κ3) is 3.14. The molecule has 4 rings (SSSR count). The van der Waals surface area contributed by atoms with E-state index in [9.17, 15) is 9.59 Å². The Morgan fingerprint density at radius 2 is 1.74 bits per heavy atom. The van der Waals surface area contributed by atoms with Gasteiger partial charge in [0.2, 0.25) is 5.91 Å². The van der Waals surface area contributed by atoms with Crippen LogP contribution in [-0.2, 0) is 4.79 Å². The summed E-state index contributed by atoms with van der Waals surface area (Å²) >= 11 is 0. The normalized spacial score (nSPS) is 16.7. The predicted molar refractivity (Wildman–Crippen MR) is 99.2 cm³/mol. The zero-order chi connectivity index (χ0) is 19.0. The Morgan fingerprint density at radius 1 is 1.04 bits per heavy atom. The summed E-state index contributed by atoms with van der Waals surface area (Å²) in [6, 6.07) is 14.2. The van der Waals surface area contributed by atoms with Crippen molar-refractivity contribution >= 4 is 22.8 Å². The Hall–Kier alpha value is -3.28. The average Bonchev–Trinajstić information content (AvgIpc) is 3.30. The lowest BCUT2D eigenvalue weighted by Gasteiger charge is -2.14. The smallest absolute Gasteiger partial charge is 0.260 e. The number of methoxy groups -OCH3 is 2. The molecule has 0 aliphatic carbocycles. The van der Waals surface area contributed by atoms with Gasteiger partial charge in [0.25, 0.3) is 5.91 Å². The van der Waals surface area contributed by atoms with Gasteiger partial charge in [0.05, 0.1) is 14.2 Å². The number of hydrogen-bond acceptors (Lipinski definition) is 5. The molecule has 2 amide bonds. The number of amides is 2. The number of fused-ring (bicyclic) bond motifs is 1. The van der Waals surface area contributed by atoms with Crippen molar-refractivity contribution in [2.24, 2.45) is 0 Å². The second-order valence-corrected chi connectivity index (χ2v) is 6.49. The SMILES string of the molecule is COc1ccc(C(=O)N2CC(c3cc4cc(OC)ccc4o3)CC2=O)cc1. The van der Waals surface area contributed by atoms with Gasteiger partial charge in [-0.3, -0.25) is 14.5 Å². The molecule has 6 heteroatoms. The average molecular weight is 365 g/mol. The Morgan fingerprint density at radius 3 is 2.44 bits per heavy atom. The minimum Gasteiger partial charge on any atom is -0.497 e. The second kappa shape index (κ2) is 6.79. The fourth-order valence-electron chi connectivity index (χ4n) is 3.35. The molecule has 1 unspecified atom stereocenters. The fraction of sp³-hybridized carbons (Fsp3) is 0.238. The number of furan rings is 1. The maximum Gasteiger partial charge on any atom is 0.260 e. The van der Waals surface area contributed by atoms with Crippen LogP contribution in [0.2, 0.25) is 0 Å². The van der Waals surface area contributed by atoms with E-state index in [-0.39, 0.29) is 24.2 Å². The number of hydrogen-bond donors (Lipinski definition) is 0. The number of carbonyl (C=O) groups excluding carboxylic acids is 2. The van der Waals surface area contributed by atoms with E-state index in [0.717, 1.165) is 16.7 Å². The minimum absolute atomic E-state index is 0.155. The summed E-state index contributed by atoms with van der Waals surface area (Å²) in [6.45, 7) is 0.306. The lowest BCUT2D eigenvalue weighted by molar-refractivity contribution is -0.125. The Balaban J connectivity index is 1.55. The van der Waals surface area contributed by atoms with E-state index >= 15 is 0 Å². The van der Waals surface area contributed by atoms with Crippen molar-refractivity contribution in [1.29, 1.82) is 0 Å². The molecule has 1 saturated heterocycles. The van der Waals surface area contributed by atoms with Gasteiger partial charge in [0, 0.05) is 29.8 Å². The van der Waals surface area contributed by atoms with Crippen LogP contribution < -0.4 is 9.47 Å². The number of rotatable bonds is 4. The predicted octanol–water partition coefficient (Wildman–Crippen LogP) is 3.61. The lowest BCUT2D eigenvalue weighted by atomic mass is 10.1. The summed E-state index contributed by atoms with van der Waals surface area (Å²) in [5, 5.41) is 0.914. The maximum atomic E-state index is 12.7. The summed E-state index contributed by atoms with van der Waals surface area (Å²) in [7, 11) is 3.18. The number of carbonyl (C=O) groups is 2. The van der Waals surface area contributed by atoms with Crippen molar-refractivity contribution in [3.05, 3.63) is 59.9 Å². The quantitative estimate of drug-likeness (QED) is 0.661. The molecule has 0 spiro atoms. The van der Waals surface area contributed by atoms with Gasteiger partial charge in [0.15, 0.2) is 0 Å². The third-order valence-corrected chi connectivity index (χ3v) is 4.85. The molecule has 138 valence electrons. The first kappa shape index (κ1) is 17.1. The van der Waals surface area contributed by atoms with E-state index in [1.807, 2.05) is 24.3 Å². The van der Waals surface area contributed by atoms with Gasteiger partial charge >= 0.3 is 0 Å². The Kier molecular flexibility index (Phi) is 4.32. The van der Waals surface area contributed by atoms with E-state index < -0.39 is 0 Å². The molecule has 1 aromatic heterocycles. The van der Waals surface area contributed by atoms with Gasteiger partial charge in [-0.15, -0.1) is 0 Å². The molecule has 2 heterocycles. The van der Waals surface area contributed by atoms with Crippen LogP contribution in [0.1, 0.15) is 28.5 Å². The Bertz CT molecular complexity index is 1010.